The van der Waals surface area contributed by atoms with Gasteiger partial charge in [0.15, 0.2) is 0 Å². The van der Waals surface area contributed by atoms with Gasteiger partial charge in [-0.05, 0) is 75.2 Å². The third-order valence-electron chi connectivity index (χ3n) is 10.7. The van der Waals surface area contributed by atoms with Crippen molar-refractivity contribution in [1.82, 2.24) is 8.97 Å². The van der Waals surface area contributed by atoms with Crippen molar-refractivity contribution in [1.29, 1.82) is 0 Å². The molecule has 0 fully saturated rings. The van der Waals surface area contributed by atoms with Gasteiger partial charge in [-0.3, -0.25) is 0 Å². The zero-order chi connectivity index (χ0) is 32.8. The number of rotatable bonds is 4. The van der Waals surface area contributed by atoms with Gasteiger partial charge >= 0.3 is 0 Å². The molecule has 232 valence electrons. The van der Waals surface area contributed by atoms with Gasteiger partial charge in [-0.25, -0.2) is 0 Å². The molecule has 0 N–H and O–H groups in total. The number of hydrogen-bond acceptors (Lipinski definition) is 0. The normalized spacial score (nSPS) is 12.0. The molecule has 11 aromatic rings. The summed E-state index contributed by atoms with van der Waals surface area (Å²) in [6, 6.07) is 66.6. The molecule has 0 saturated carbocycles. The average molecular weight is 635 g/mol. The summed E-state index contributed by atoms with van der Waals surface area (Å²) in [6.45, 7) is 0. The van der Waals surface area contributed by atoms with Crippen LogP contribution >= 0.6 is 0 Å². The molecule has 2 heteroatoms. The van der Waals surface area contributed by atoms with Crippen molar-refractivity contribution in [2.45, 2.75) is 0 Å². The van der Waals surface area contributed by atoms with Gasteiger partial charge in [-0.1, -0.05) is 146 Å². The van der Waals surface area contributed by atoms with Crippen LogP contribution in [0.3, 0.4) is 0 Å². The van der Waals surface area contributed by atoms with Crippen LogP contribution in [0, 0.1) is 0 Å². The summed E-state index contributed by atoms with van der Waals surface area (Å²) in [6.07, 6.45) is 0. The fraction of sp³-hybridized carbons (Fsp3) is 0. The maximum absolute atomic E-state index is 2.53. The molecular weight excluding hydrogens is 605 g/mol. The van der Waals surface area contributed by atoms with E-state index in [-0.39, 0.29) is 0 Å². The fourth-order valence-electron chi connectivity index (χ4n) is 8.62. The highest BCUT2D eigenvalue weighted by molar-refractivity contribution is 6.34. The molecule has 50 heavy (non-hydrogen) atoms. The van der Waals surface area contributed by atoms with Crippen molar-refractivity contribution in [2.75, 3.05) is 0 Å². The lowest BCUT2D eigenvalue weighted by atomic mass is 9.94. The van der Waals surface area contributed by atoms with Gasteiger partial charge < -0.3 is 8.97 Å². The van der Waals surface area contributed by atoms with E-state index in [1.807, 2.05) is 0 Å². The van der Waals surface area contributed by atoms with E-state index in [2.05, 4.69) is 191 Å². The molecule has 3 aromatic heterocycles. The van der Waals surface area contributed by atoms with E-state index in [0.717, 1.165) is 5.69 Å². The second-order valence-electron chi connectivity index (χ2n) is 13.3. The number of aromatic nitrogens is 2. The Bertz CT molecular complexity index is 3070. The number of hydrogen-bond donors (Lipinski definition) is 0. The SMILES string of the molecule is c1ccc(-c2ccccc2-c2cccc(-n3c4cccc5c6c(-c7ccccc7)cccc6n6c7ccccc7c7ccc3c(c54)c76)c2)cc1. The Hall–Kier alpha value is -6.64. The minimum absolute atomic E-state index is 1.15. The molecule has 0 aliphatic carbocycles. The molecule has 2 nitrogen and oxygen atoms in total. The lowest BCUT2D eigenvalue weighted by molar-refractivity contribution is 1.18. The van der Waals surface area contributed by atoms with E-state index in [4.69, 9.17) is 0 Å². The highest BCUT2D eigenvalue weighted by atomic mass is 15.0. The summed E-state index contributed by atoms with van der Waals surface area (Å²) < 4.78 is 5.02. The monoisotopic (exact) mass is 634 g/mol. The molecule has 0 aliphatic heterocycles. The Morgan fingerprint density at radius 3 is 1.68 bits per heavy atom. The molecule has 0 spiro atoms. The smallest absolute Gasteiger partial charge is 0.0641 e. The Balaban J connectivity index is 1.30. The Labute approximate surface area is 289 Å². The van der Waals surface area contributed by atoms with Crippen molar-refractivity contribution in [3.63, 3.8) is 0 Å². The summed E-state index contributed by atoms with van der Waals surface area (Å²) in [5, 5.41) is 7.70. The number of fused-ring (bicyclic) bond motifs is 6. The molecule has 0 bridgehead atoms. The molecule has 8 aromatic carbocycles. The van der Waals surface area contributed by atoms with Crippen molar-refractivity contribution < 1.29 is 0 Å². The Morgan fingerprint density at radius 1 is 0.300 bits per heavy atom. The quantitative estimate of drug-likeness (QED) is 0.182. The van der Waals surface area contributed by atoms with Crippen LogP contribution in [0.5, 0.6) is 0 Å². The molecule has 0 unspecified atom stereocenters. The number of nitrogens with zero attached hydrogens (tertiary/aromatic N) is 2. The lowest BCUT2D eigenvalue weighted by Gasteiger charge is -2.14. The Kier molecular flexibility index (Phi) is 5.70. The van der Waals surface area contributed by atoms with Gasteiger partial charge in [0, 0.05) is 32.6 Å². The van der Waals surface area contributed by atoms with Gasteiger partial charge in [0.05, 0.1) is 27.6 Å². The molecule has 11 rings (SSSR count). The van der Waals surface area contributed by atoms with E-state index in [0.29, 0.717) is 0 Å². The first-order valence-corrected chi connectivity index (χ1v) is 17.3. The van der Waals surface area contributed by atoms with Crippen molar-refractivity contribution in [3.8, 4) is 39.1 Å². The van der Waals surface area contributed by atoms with E-state index < -0.39 is 0 Å². The first kappa shape index (κ1) is 27.3. The van der Waals surface area contributed by atoms with E-state index in [1.165, 1.54) is 93.3 Å². The van der Waals surface area contributed by atoms with E-state index in [9.17, 15) is 0 Å². The second kappa shape index (κ2) is 10.4. The van der Waals surface area contributed by atoms with Gasteiger partial charge in [0.1, 0.15) is 0 Å². The largest absolute Gasteiger partial charge is 0.309 e. The summed E-state index contributed by atoms with van der Waals surface area (Å²) in [4.78, 5) is 0. The van der Waals surface area contributed by atoms with Crippen LogP contribution in [0.1, 0.15) is 0 Å². The van der Waals surface area contributed by atoms with Crippen LogP contribution in [0.2, 0.25) is 0 Å². The van der Waals surface area contributed by atoms with Crippen LogP contribution in [0.4, 0.5) is 0 Å². The average Bonchev–Trinajstić information content (AvgIpc) is 3.67. The molecule has 3 heterocycles. The molecule has 0 amide bonds. The molecule has 0 saturated heterocycles. The van der Waals surface area contributed by atoms with E-state index in [1.54, 1.807) is 0 Å². The summed E-state index contributed by atoms with van der Waals surface area (Å²) in [5.41, 5.74) is 14.7. The van der Waals surface area contributed by atoms with Gasteiger partial charge in [-0.15, -0.1) is 0 Å². The number of para-hydroxylation sites is 1. The topological polar surface area (TPSA) is 9.34 Å². The third kappa shape index (κ3) is 3.73. The number of benzene rings is 8. The molecule has 0 radical (unpaired) electrons. The van der Waals surface area contributed by atoms with Gasteiger partial charge in [-0.2, -0.15) is 0 Å². The Morgan fingerprint density at radius 2 is 0.860 bits per heavy atom. The van der Waals surface area contributed by atoms with Gasteiger partial charge in [0.2, 0.25) is 0 Å². The first-order chi connectivity index (χ1) is 24.8. The predicted octanol–water partition coefficient (Wildman–Crippen LogP) is 12.9. The molecule has 0 atom stereocenters. The lowest BCUT2D eigenvalue weighted by Crippen LogP contribution is -1.95. The summed E-state index contributed by atoms with van der Waals surface area (Å²) in [7, 11) is 0. The predicted molar refractivity (Wildman–Crippen MR) is 212 cm³/mol. The van der Waals surface area contributed by atoms with Crippen LogP contribution in [-0.4, -0.2) is 8.97 Å². The molecule has 0 aliphatic rings. The second-order valence-corrected chi connectivity index (χ2v) is 13.3. The standard InChI is InChI=1S/C48H30N2/c1-3-14-31(15-4-1)35-20-7-8-21-36(35)33-18-11-19-34(30-33)49-43-27-13-24-40-45-37(32-16-5-2-6-17-32)23-12-26-42(45)50-41-25-10-9-22-38(41)39-28-29-44(49)47(46(40)43)48(39)50/h1-30H. The van der Waals surface area contributed by atoms with Crippen LogP contribution < -0.4 is 0 Å². The van der Waals surface area contributed by atoms with Crippen LogP contribution in [-0.2, 0) is 0 Å². The van der Waals surface area contributed by atoms with E-state index >= 15 is 0 Å². The van der Waals surface area contributed by atoms with Crippen molar-refractivity contribution in [2.24, 2.45) is 0 Å². The minimum atomic E-state index is 1.15. The minimum Gasteiger partial charge on any atom is -0.309 e. The van der Waals surface area contributed by atoms with Crippen LogP contribution in [0.15, 0.2) is 182 Å². The zero-order valence-electron chi connectivity index (χ0n) is 27.2. The highest BCUT2D eigenvalue weighted by Crippen LogP contribution is 2.47. The van der Waals surface area contributed by atoms with Crippen LogP contribution in [0.25, 0.3) is 99.0 Å². The third-order valence-corrected chi connectivity index (χ3v) is 10.7. The zero-order valence-corrected chi connectivity index (χ0v) is 27.2. The van der Waals surface area contributed by atoms with Crippen molar-refractivity contribution >= 4 is 59.9 Å². The maximum Gasteiger partial charge on any atom is 0.0641 e. The summed E-state index contributed by atoms with van der Waals surface area (Å²) in [5.74, 6) is 0. The van der Waals surface area contributed by atoms with Crippen molar-refractivity contribution in [3.05, 3.63) is 182 Å². The molecular formula is C48H30N2. The maximum atomic E-state index is 2.53. The van der Waals surface area contributed by atoms with Gasteiger partial charge in [0.25, 0.3) is 0 Å². The first-order valence-electron chi connectivity index (χ1n) is 17.3. The highest BCUT2D eigenvalue weighted by Gasteiger charge is 2.24. The summed E-state index contributed by atoms with van der Waals surface area (Å²) >= 11 is 0. The fourth-order valence-corrected chi connectivity index (χ4v) is 8.62.